The second-order valence-electron chi connectivity index (χ2n) is 4.15. The molecule has 15 heavy (non-hydrogen) atoms. The first kappa shape index (κ1) is 11.2. The maximum atomic E-state index is 5.78. The monoisotopic (exact) mass is 241 g/mol. The van der Waals surface area contributed by atoms with E-state index in [9.17, 15) is 0 Å². The number of thiophene rings is 1. The third-order valence-electron chi connectivity index (χ3n) is 2.64. The van der Waals surface area contributed by atoms with E-state index >= 15 is 0 Å². The highest BCUT2D eigenvalue weighted by molar-refractivity contribution is 7.07. The van der Waals surface area contributed by atoms with Gasteiger partial charge in [0.2, 0.25) is 0 Å². The van der Waals surface area contributed by atoms with Gasteiger partial charge in [-0.05, 0) is 40.8 Å². The number of hydrogen-bond acceptors (Lipinski definition) is 2. The average molecular weight is 242 g/mol. The van der Waals surface area contributed by atoms with Crippen molar-refractivity contribution in [3.8, 4) is 0 Å². The molecule has 82 valence electrons. The quantitative estimate of drug-likeness (QED) is 0.544. The van der Waals surface area contributed by atoms with Crippen LogP contribution in [0.1, 0.15) is 18.4 Å². The van der Waals surface area contributed by atoms with E-state index in [1.54, 1.807) is 11.3 Å². The van der Waals surface area contributed by atoms with E-state index in [-0.39, 0.29) is 0 Å². The highest BCUT2D eigenvalue weighted by atomic mass is 35.5. The first-order valence-corrected chi connectivity index (χ1v) is 6.75. The van der Waals surface area contributed by atoms with Crippen LogP contribution in [0.2, 0.25) is 0 Å². The summed E-state index contributed by atoms with van der Waals surface area (Å²) in [6.45, 7) is 5.98. The molecule has 1 aromatic heterocycles. The Bertz CT molecular complexity index is 316. The third kappa shape index (κ3) is 3.33. The number of alkyl halides is 1. The third-order valence-corrected chi connectivity index (χ3v) is 3.75. The molecule has 0 unspecified atom stereocenters. The van der Waals surface area contributed by atoms with Gasteiger partial charge in [-0.2, -0.15) is 11.3 Å². The zero-order valence-corrected chi connectivity index (χ0v) is 10.4. The normalized spacial score (nSPS) is 15.9. The van der Waals surface area contributed by atoms with Crippen LogP contribution in [0, 0.1) is 0 Å². The fraction of sp³-hybridized carbons (Fsp3) is 0.500. The van der Waals surface area contributed by atoms with Crippen LogP contribution in [0.15, 0.2) is 29.0 Å². The Hall–Kier alpha value is -0.310. The van der Waals surface area contributed by atoms with Crippen molar-refractivity contribution >= 4 is 22.9 Å². The highest BCUT2D eigenvalue weighted by Gasteiger charge is 2.28. The standard InChI is InChI=1S/C12H16ClNS/c1-10(6-13)7-14(12-2-3-12)8-11-4-5-15-9-11/h4-5,9,12H,1-3,6-8H2. The molecule has 2 rings (SSSR count). The Balaban J connectivity index is 1.91. The minimum atomic E-state index is 0.576. The lowest BCUT2D eigenvalue weighted by Crippen LogP contribution is -2.27. The Morgan fingerprint density at radius 1 is 1.60 bits per heavy atom. The van der Waals surface area contributed by atoms with E-state index in [0.717, 1.165) is 24.7 Å². The zero-order valence-electron chi connectivity index (χ0n) is 8.79. The lowest BCUT2D eigenvalue weighted by atomic mass is 10.2. The van der Waals surface area contributed by atoms with Gasteiger partial charge in [-0.25, -0.2) is 0 Å². The number of nitrogens with zero attached hydrogens (tertiary/aromatic N) is 1. The lowest BCUT2D eigenvalue weighted by molar-refractivity contribution is 0.278. The van der Waals surface area contributed by atoms with Crippen molar-refractivity contribution in [2.24, 2.45) is 0 Å². The molecule has 0 atom stereocenters. The summed E-state index contributed by atoms with van der Waals surface area (Å²) in [5, 5.41) is 4.36. The SMILES string of the molecule is C=C(CCl)CN(Cc1ccsc1)C1CC1. The fourth-order valence-electron chi connectivity index (χ4n) is 1.70. The van der Waals surface area contributed by atoms with Crippen LogP contribution < -0.4 is 0 Å². The van der Waals surface area contributed by atoms with E-state index in [1.807, 2.05) is 0 Å². The molecule has 0 radical (unpaired) electrons. The number of halogens is 1. The van der Waals surface area contributed by atoms with Gasteiger partial charge in [0.25, 0.3) is 0 Å². The molecule has 1 heterocycles. The predicted octanol–water partition coefficient (Wildman–Crippen LogP) is 3.51. The van der Waals surface area contributed by atoms with E-state index in [2.05, 4.69) is 28.3 Å². The van der Waals surface area contributed by atoms with Crippen molar-refractivity contribution in [1.82, 2.24) is 4.90 Å². The molecule has 3 heteroatoms. The van der Waals surface area contributed by atoms with Crippen LogP contribution in [0.25, 0.3) is 0 Å². The first-order chi connectivity index (χ1) is 7.29. The Kier molecular flexibility index (Phi) is 3.84. The summed E-state index contributed by atoms with van der Waals surface area (Å²) in [5.74, 6) is 0.576. The van der Waals surface area contributed by atoms with Gasteiger partial charge in [-0.1, -0.05) is 6.58 Å². The molecule has 0 aromatic carbocycles. The van der Waals surface area contributed by atoms with E-state index in [4.69, 9.17) is 11.6 Å². The summed E-state index contributed by atoms with van der Waals surface area (Å²) in [6, 6.07) is 2.97. The van der Waals surface area contributed by atoms with E-state index in [0.29, 0.717) is 5.88 Å². The van der Waals surface area contributed by atoms with Gasteiger partial charge in [0, 0.05) is 25.0 Å². The molecule has 1 aliphatic carbocycles. The summed E-state index contributed by atoms with van der Waals surface area (Å²) < 4.78 is 0. The maximum absolute atomic E-state index is 5.78. The Morgan fingerprint density at radius 3 is 2.93 bits per heavy atom. The topological polar surface area (TPSA) is 3.24 Å². The summed E-state index contributed by atoms with van der Waals surface area (Å²) in [5.41, 5.74) is 2.54. The maximum Gasteiger partial charge on any atom is 0.0443 e. The molecule has 0 aliphatic heterocycles. The molecule has 1 nitrogen and oxygen atoms in total. The van der Waals surface area contributed by atoms with Crippen LogP contribution in [-0.4, -0.2) is 23.4 Å². The van der Waals surface area contributed by atoms with Crippen LogP contribution in [-0.2, 0) is 6.54 Å². The smallest absolute Gasteiger partial charge is 0.0443 e. The van der Waals surface area contributed by atoms with E-state index in [1.165, 1.54) is 18.4 Å². The first-order valence-electron chi connectivity index (χ1n) is 5.27. The van der Waals surface area contributed by atoms with Crippen molar-refractivity contribution in [1.29, 1.82) is 0 Å². The van der Waals surface area contributed by atoms with Crippen molar-refractivity contribution in [2.45, 2.75) is 25.4 Å². The van der Waals surface area contributed by atoms with Crippen LogP contribution in [0.3, 0.4) is 0 Å². The molecule has 1 aromatic rings. The van der Waals surface area contributed by atoms with Gasteiger partial charge in [0.05, 0.1) is 0 Å². The van der Waals surface area contributed by atoms with Crippen LogP contribution in [0.5, 0.6) is 0 Å². The van der Waals surface area contributed by atoms with Crippen LogP contribution in [0.4, 0.5) is 0 Å². The molecule has 1 aliphatic rings. The van der Waals surface area contributed by atoms with Gasteiger partial charge >= 0.3 is 0 Å². The van der Waals surface area contributed by atoms with Gasteiger partial charge in [-0.15, -0.1) is 11.6 Å². The molecular weight excluding hydrogens is 226 g/mol. The molecular formula is C12H16ClNS. The summed E-state index contributed by atoms with van der Waals surface area (Å²) in [4.78, 5) is 2.49. The largest absolute Gasteiger partial charge is 0.292 e. The molecule has 1 saturated carbocycles. The molecule has 0 bridgehead atoms. The molecule has 0 N–H and O–H groups in total. The molecule has 0 amide bonds. The van der Waals surface area contributed by atoms with Crippen molar-refractivity contribution in [3.05, 3.63) is 34.5 Å². The van der Waals surface area contributed by atoms with E-state index < -0.39 is 0 Å². The second-order valence-corrected chi connectivity index (χ2v) is 5.20. The number of rotatable bonds is 6. The Labute approximate surface area is 100 Å². The van der Waals surface area contributed by atoms with Crippen molar-refractivity contribution in [3.63, 3.8) is 0 Å². The Morgan fingerprint density at radius 2 is 2.40 bits per heavy atom. The van der Waals surface area contributed by atoms with Gasteiger partial charge in [0.1, 0.15) is 0 Å². The molecule has 1 fully saturated rings. The van der Waals surface area contributed by atoms with Gasteiger partial charge in [0.15, 0.2) is 0 Å². The van der Waals surface area contributed by atoms with Crippen molar-refractivity contribution in [2.75, 3.05) is 12.4 Å². The lowest BCUT2D eigenvalue weighted by Gasteiger charge is -2.21. The van der Waals surface area contributed by atoms with Crippen LogP contribution >= 0.6 is 22.9 Å². The fourth-order valence-corrected chi connectivity index (χ4v) is 2.44. The minimum Gasteiger partial charge on any atom is -0.292 e. The summed E-state index contributed by atoms with van der Waals surface area (Å²) in [7, 11) is 0. The predicted molar refractivity (Wildman–Crippen MR) is 67.6 cm³/mol. The zero-order chi connectivity index (χ0) is 10.7. The van der Waals surface area contributed by atoms with Crippen molar-refractivity contribution < 1.29 is 0 Å². The van der Waals surface area contributed by atoms with Gasteiger partial charge in [-0.3, -0.25) is 4.90 Å². The molecule has 0 spiro atoms. The molecule has 0 saturated heterocycles. The second kappa shape index (κ2) is 5.15. The minimum absolute atomic E-state index is 0.576. The average Bonchev–Trinajstić information content (AvgIpc) is 2.97. The summed E-state index contributed by atoms with van der Waals surface area (Å²) in [6.07, 6.45) is 2.67. The highest BCUT2D eigenvalue weighted by Crippen LogP contribution is 2.29. The number of hydrogen-bond donors (Lipinski definition) is 0. The summed E-state index contributed by atoms with van der Waals surface area (Å²) >= 11 is 7.54. The van der Waals surface area contributed by atoms with Gasteiger partial charge < -0.3 is 0 Å².